The van der Waals surface area contributed by atoms with Crippen molar-refractivity contribution in [2.75, 3.05) is 0 Å². The number of aryl methyl sites for hydroxylation is 2. The van der Waals surface area contributed by atoms with Crippen LogP contribution >= 0.6 is 0 Å². The Kier molecular flexibility index (Phi) is 2.95. The summed E-state index contributed by atoms with van der Waals surface area (Å²) < 4.78 is 4.95. The molecular weight excluding hydrogens is 208 g/mol. The molecule has 1 aromatic carbocycles. The van der Waals surface area contributed by atoms with Crippen LogP contribution in [-0.4, -0.2) is 21.3 Å². The number of nitrogens with zero attached hydrogens (tertiary/aromatic N) is 2. The smallest absolute Gasteiger partial charge is 0.393 e. The van der Waals surface area contributed by atoms with Gasteiger partial charge >= 0.3 is 11.9 Å². The number of hydrogen-bond acceptors (Lipinski definition) is 4. The van der Waals surface area contributed by atoms with Gasteiger partial charge in [-0.3, -0.25) is 0 Å². The third kappa shape index (κ3) is 2.44. The lowest BCUT2D eigenvalue weighted by Crippen LogP contribution is -1.95. The molecule has 0 radical (unpaired) electrons. The number of aromatic carboxylic acids is 1. The molecule has 0 aliphatic carbocycles. The molecule has 1 N–H and O–H groups in total. The van der Waals surface area contributed by atoms with Gasteiger partial charge < -0.3 is 9.52 Å². The summed E-state index contributed by atoms with van der Waals surface area (Å²) in [7, 11) is 0. The van der Waals surface area contributed by atoms with Crippen LogP contribution in [0.4, 0.5) is 0 Å². The molecule has 0 unspecified atom stereocenters. The van der Waals surface area contributed by atoms with Crippen molar-refractivity contribution in [2.45, 2.75) is 12.8 Å². The maximum atomic E-state index is 10.5. The molecule has 0 atom stereocenters. The molecule has 2 aromatic rings. The predicted molar refractivity (Wildman–Crippen MR) is 55.1 cm³/mol. The van der Waals surface area contributed by atoms with Gasteiger partial charge in [-0.25, -0.2) is 4.79 Å². The second-order valence-electron chi connectivity index (χ2n) is 3.29. The van der Waals surface area contributed by atoms with Crippen LogP contribution in [0.15, 0.2) is 34.7 Å². The van der Waals surface area contributed by atoms with Crippen LogP contribution in [0.1, 0.15) is 22.1 Å². The maximum absolute atomic E-state index is 10.5. The standard InChI is InChI=1S/C11H10N2O3/c14-11(15)10-13-12-9(16-10)7-6-8-4-2-1-3-5-8/h1-5H,6-7H2,(H,14,15). The van der Waals surface area contributed by atoms with Gasteiger partial charge in [0, 0.05) is 6.42 Å². The summed E-state index contributed by atoms with van der Waals surface area (Å²) in [5.74, 6) is -1.21. The summed E-state index contributed by atoms with van der Waals surface area (Å²) >= 11 is 0. The van der Waals surface area contributed by atoms with Crippen molar-refractivity contribution in [2.24, 2.45) is 0 Å². The molecule has 0 saturated carbocycles. The van der Waals surface area contributed by atoms with Crippen molar-refractivity contribution in [1.29, 1.82) is 0 Å². The van der Waals surface area contributed by atoms with Crippen molar-refractivity contribution >= 4 is 5.97 Å². The summed E-state index contributed by atoms with van der Waals surface area (Å²) in [5, 5.41) is 15.7. The van der Waals surface area contributed by atoms with Crippen LogP contribution < -0.4 is 0 Å². The molecule has 2 rings (SSSR count). The second kappa shape index (κ2) is 4.57. The first kappa shape index (κ1) is 10.4. The van der Waals surface area contributed by atoms with E-state index in [9.17, 15) is 4.79 Å². The second-order valence-corrected chi connectivity index (χ2v) is 3.29. The summed E-state index contributed by atoms with van der Waals surface area (Å²) in [6, 6.07) is 9.83. The van der Waals surface area contributed by atoms with Crippen LogP contribution in [0.2, 0.25) is 0 Å². The van der Waals surface area contributed by atoms with Gasteiger partial charge in [0.25, 0.3) is 0 Å². The van der Waals surface area contributed by atoms with Gasteiger partial charge in [0.15, 0.2) is 0 Å². The minimum atomic E-state index is -1.20. The van der Waals surface area contributed by atoms with Crippen molar-refractivity contribution in [3.63, 3.8) is 0 Å². The van der Waals surface area contributed by atoms with E-state index in [1.165, 1.54) is 0 Å². The number of carbonyl (C=O) groups is 1. The zero-order valence-electron chi connectivity index (χ0n) is 8.46. The van der Waals surface area contributed by atoms with Gasteiger partial charge in [-0.15, -0.1) is 10.2 Å². The quantitative estimate of drug-likeness (QED) is 0.842. The summed E-state index contributed by atoms with van der Waals surface area (Å²) in [6.45, 7) is 0. The molecular formula is C11H10N2O3. The summed E-state index contributed by atoms with van der Waals surface area (Å²) in [4.78, 5) is 10.5. The first-order valence-electron chi connectivity index (χ1n) is 4.85. The minimum absolute atomic E-state index is 0.348. The third-order valence-corrected chi connectivity index (χ3v) is 2.12. The van der Waals surface area contributed by atoms with Crippen LogP contribution in [0.3, 0.4) is 0 Å². The normalized spacial score (nSPS) is 10.2. The molecule has 1 aromatic heterocycles. The lowest BCUT2D eigenvalue weighted by Gasteiger charge is -1.96. The Morgan fingerprint density at radius 1 is 1.19 bits per heavy atom. The molecule has 0 saturated heterocycles. The average molecular weight is 218 g/mol. The van der Waals surface area contributed by atoms with Crippen molar-refractivity contribution in [1.82, 2.24) is 10.2 Å². The third-order valence-electron chi connectivity index (χ3n) is 2.12. The predicted octanol–water partition coefficient (Wildman–Crippen LogP) is 1.55. The lowest BCUT2D eigenvalue weighted by atomic mass is 10.1. The highest BCUT2D eigenvalue weighted by atomic mass is 16.4. The highest BCUT2D eigenvalue weighted by Crippen LogP contribution is 2.06. The number of hydrogen-bond donors (Lipinski definition) is 1. The van der Waals surface area contributed by atoms with E-state index in [0.717, 1.165) is 12.0 Å². The molecule has 1 heterocycles. The fourth-order valence-electron chi connectivity index (χ4n) is 1.34. The van der Waals surface area contributed by atoms with Crippen LogP contribution in [-0.2, 0) is 12.8 Å². The molecule has 5 heteroatoms. The van der Waals surface area contributed by atoms with Crippen LogP contribution in [0.5, 0.6) is 0 Å². The van der Waals surface area contributed by atoms with Crippen LogP contribution in [0, 0.1) is 0 Å². The Balaban J connectivity index is 1.97. The van der Waals surface area contributed by atoms with Crippen molar-refractivity contribution in [3.05, 3.63) is 47.7 Å². The van der Waals surface area contributed by atoms with Gasteiger partial charge in [0.1, 0.15) is 0 Å². The molecule has 0 amide bonds. The first-order valence-corrected chi connectivity index (χ1v) is 4.85. The Hall–Kier alpha value is -2.17. The number of benzene rings is 1. The Labute approximate surface area is 91.7 Å². The van der Waals surface area contributed by atoms with Gasteiger partial charge in [-0.05, 0) is 12.0 Å². The van der Waals surface area contributed by atoms with E-state index in [-0.39, 0.29) is 5.89 Å². The zero-order chi connectivity index (χ0) is 11.4. The van der Waals surface area contributed by atoms with E-state index in [2.05, 4.69) is 10.2 Å². The molecule has 0 aliphatic heterocycles. The van der Waals surface area contributed by atoms with Crippen molar-refractivity contribution in [3.8, 4) is 0 Å². The van der Waals surface area contributed by atoms with E-state index >= 15 is 0 Å². The molecule has 0 bridgehead atoms. The number of carboxylic acid groups (broad SMARTS) is 1. The summed E-state index contributed by atoms with van der Waals surface area (Å²) in [5.41, 5.74) is 1.15. The highest BCUT2D eigenvalue weighted by Gasteiger charge is 2.12. The molecule has 0 aliphatic rings. The largest absolute Gasteiger partial charge is 0.474 e. The van der Waals surface area contributed by atoms with E-state index in [4.69, 9.17) is 9.52 Å². The van der Waals surface area contributed by atoms with E-state index < -0.39 is 5.97 Å². The number of aromatic nitrogens is 2. The fraction of sp³-hybridized carbons (Fsp3) is 0.182. The topological polar surface area (TPSA) is 76.2 Å². The molecule has 0 spiro atoms. The zero-order valence-corrected chi connectivity index (χ0v) is 8.46. The Morgan fingerprint density at radius 3 is 2.56 bits per heavy atom. The molecule has 0 fully saturated rings. The van der Waals surface area contributed by atoms with E-state index in [1.54, 1.807) is 0 Å². The number of rotatable bonds is 4. The maximum Gasteiger partial charge on any atom is 0.393 e. The first-order chi connectivity index (χ1) is 7.75. The van der Waals surface area contributed by atoms with Gasteiger partial charge in [0.2, 0.25) is 5.89 Å². The van der Waals surface area contributed by atoms with E-state index in [1.807, 2.05) is 30.3 Å². The monoisotopic (exact) mass is 218 g/mol. The molecule has 82 valence electrons. The van der Waals surface area contributed by atoms with Gasteiger partial charge in [-0.2, -0.15) is 0 Å². The SMILES string of the molecule is O=C(O)c1nnc(CCc2ccccc2)o1. The highest BCUT2D eigenvalue weighted by molar-refractivity contribution is 5.81. The Morgan fingerprint density at radius 2 is 1.94 bits per heavy atom. The van der Waals surface area contributed by atoms with E-state index in [0.29, 0.717) is 12.3 Å². The van der Waals surface area contributed by atoms with Gasteiger partial charge in [0.05, 0.1) is 0 Å². The molecule has 5 nitrogen and oxygen atoms in total. The number of carboxylic acids is 1. The fourth-order valence-corrected chi connectivity index (χ4v) is 1.34. The lowest BCUT2D eigenvalue weighted by molar-refractivity contribution is 0.0651. The van der Waals surface area contributed by atoms with Crippen LogP contribution in [0.25, 0.3) is 0 Å². The average Bonchev–Trinajstić information content (AvgIpc) is 2.76. The molecule has 16 heavy (non-hydrogen) atoms. The van der Waals surface area contributed by atoms with Crippen molar-refractivity contribution < 1.29 is 14.3 Å². The Bertz CT molecular complexity index is 479. The minimum Gasteiger partial charge on any atom is -0.474 e. The summed E-state index contributed by atoms with van der Waals surface area (Å²) in [6.07, 6.45) is 1.30. The van der Waals surface area contributed by atoms with Gasteiger partial charge in [-0.1, -0.05) is 30.3 Å².